The van der Waals surface area contributed by atoms with Crippen LogP contribution >= 0.6 is 0 Å². The molecule has 0 heterocycles. The van der Waals surface area contributed by atoms with Crippen LogP contribution in [0.5, 0.6) is 0 Å². The molecule has 0 aliphatic heterocycles. The number of rotatable bonds is 6. The Morgan fingerprint density at radius 1 is 1.24 bits per heavy atom. The summed E-state index contributed by atoms with van der Waals surface area (Å²) in [7, 11) is -0.676. The summed E-state index contributed by atoms with van der Waals surface area (Å²) >= 11 is 0. The van der Waals surface area contributed by atoms with Gasteiger partial charge in [-0.3, -0.25) is 0 Å². The fraction of sp³-hybridized carbons (Fsp3) is 1.00. The highest BCUT2D eigenvalue weighted by atomic mass is 32.2. The third-order valence-corrected chi connectivity index (χ3v) is 4.92. The third kappa shape index (κ3) is 6.41. The Morgan fingerprint density at radius 2 is 1.88 bits per heavy atom. The van der Waals surface area contributed by atoms with Crippen molar-refractivity contribution in [2.45, 2.75) is 39.0 Å². The molecule has 2 atom stereocenters. The number of hydrogen-bond acceptors (Lipinski definition) is 3. The number of hydrogen-bond donors (Lipinski definition) is 0. The molecule has 0 N–H and O–H groups in total. The van der Waals surface area contributed by atoms with Gasteiger partial charge in [-0.15, -0.1) is 0 Å². The molecular formula is C13H27NO2S. The van der Waals surface area contributed by atoms with Crippen molar-refractivity contribution in [3.63, 3.8) is 0 Å². The Balaban J connectivity index is 2.22. The molecule has 17 heavy (non-hydrogen) atoms. The van der Waals surface area contributed by atoms with Gasteiger partial charge < -0.3 is 4.90 Å². The van der Waals surface area contributed by atoms with E-state index in [-0.39, 0.29) is 0 Å². The number of nitrogens with zero attached hydrogens (tertiary/aromatic N) is 1. The summed E-state index contributed by atoms with van der Waals surface area (Å²) in [6.45, 7) is 4.38. The highest BCUT2D eigenvalue weighted by Crippen LogP contribution is 2.29. The lowest BCUT2D eigenvalue weighted by Crippen LogP contribution is -2.32. The van der Waals surface area contributed by atoms with Gasteiger partial charge in [0.25, 0.3) is 0 Å². The van der Waals surface area contributed by atoms with Crippen LogP contribution in [-0.4, -0.2) is 45.5 Å². The van der Waals surface area contributed by atoms with Crippen molar-refractivity contribution in [1.29, 1.82) is 0 Å². The normalized spacial score (nSPS) is 26.4. The van der Waals surface area contributed by atoms with Gasteiger partial charge >= 0.3 is 0 Å². The molecular weight excluding hydrogens is 234 g/mol. The van der Waals surface area contributed by atoms with Crippen molar-refractivity contribution in [2.24, 2.45) is 11.8 Å². The maximum absolute atomic E-state index is 11.0. The van der Waals surface area contributed by atoms with Gasteiger partial charge in [0.1, 0.15) is 9.84 Å². The van der Waals surface area contributed by atoms with E-state index in [4.69, 9.17) is 0 Å². The molecule has 0 amide bonds. The molecule has 1 aliphatic rings. The molecule has 3 nitrogen and oxygen atoms in total. The van der Waals surface area contributed by atoms with E-state index in [2.05, 4.69) is 18.9 Å². The average molecular weight is 261 g/mol. The highest BCUT2D eigenvalue weighted by Gasteiger charge is 2.22. The summed E-state index contributed by atoms with van der Waals surface area (Å²) in [6, 6.07) is 0. The second-order valence-electron chi connectivity index (χ2n) is 5.77. The first-order valence-electron chi connectivity index (χ1n) is 6.75. The second kappa shape index (κ2) is 6.74. The van der Waals surface area contributed by atoms with Crippen molar-refractivity contribution >= 4 is 9.84 Å². The Bertz CT molecular complexity index is 313. The maximum Gasteiger partial charge on any atom is 0.147 e. The third-order valence-electron chi connectivity index (χ3n) is 3.89. The lowest BCUT2D eigenvalue weighted by molar-refractivity contribution is 0.181. The zero-order valence-electron chi connectivity index (χ0n) is 11.5. The van der Waals surface area contributed by atoms with E-state index in [0.717, 1.165) is 31.3 Å². The zero-order chi connectivity index (χ0) is 12.9. The van der Waals surface area contributed by atoms with Crippen LogP contribution in [0.3, 0.4) is 0 Å². The summed E-state index contributed by atoms with van der Waals surface area (Å²) in [5.74, 6) is 1.96. The quantitative estimate of drug-likeness (QED) is 0.735. The molecule has 0 aromatic rings. The van der Waals surface area contributed by atoms with Gasteiger partial charge in [-0.05, 0) is 38.3 Å². The molecule has 0 aromatic heterocycles. The van der Waals surface area contributed by atoms with Crippen molar-refractivity contribution in [3.8, 4) is 0 Å². The van der Waals surface area contributed by atoms with Gasteiger partial charge in [0, 0.05) is 12.8 Å². The molecule has 0 aromatic carbocycles. The van der Waals surface area contributed by atoms with Crippen LogP contribution < -0.4 is 0 Å². The Morgan fingerprint density at radius 3 is 2.47 bits per heavy atom. The van der Waals surface area contributed by atoms with E-state index in [1.54, 1.807) is 0 Å². The molecule has 0 spiro atoms. The lowest BCUT2D eigenvalue weighted by atomic mass is 9.80. The van der Waals surface area contributed by atoms with Gasteiger partial charge in [-0.2, -0.15) is 0 Å². The standard InChI is InChI=1S/C13H27NO2S/c1-12-7-4-5-8-13(12)11-14(2)9-6-10-17(3,15)16/h12-13H,4-11H2,1-3H3. The van der Waals surface area contributed by atoms with Crippen LogP contribution in [0.25, 0.3) is 0 Å². The topological polar surface area (TPSA) is 37.4 Å². The molecule has 2 unspecified atom stereocenters. The predicted octanol–water partition coefficient (Wildman–Crippen LogP) is 2.18. The van der Waals surface area contributed by atoms with E-state index in [1.807, 2.05) is 0 Å². The van der Waals surface area contributed by atoms with Gasteiger partial charge in [-0.25, -0.2) is 8.42 Å². The molecule has 1 aliphatic carbocycles. The van der Waals surface area contributed by atoms with E-state index in [1.165, 1.54) is 31.9 Å². The monoisotopic (exact) mass is 261 g/mol. The zero-order valence-corrected chi connectivity index (χ0v) is 12.3. The van der Waals surface area contributed by atoms with Crippen molar-refractivity contribution in [3.05, 3.63) is 0 Å². The smallest absolute Gasteiger partial charge is 0.147 e. The van der Waals surface area contributed by atoms with Crippen LogP contribution in [0.4, 0.5) is 0 Å². The van der Waals surface area contributed by atoms with Gasteiger partial charge in [0.2, 0.25) is 0 Å². The number of sulfone groups is 1. The van der Waals surface area contributed by atoms with Crippen LogP contribution in [0.1, 0.15) is 39.0 Å². The van der Waals surface area contributed by atoms with Gasteiger partial charge in [0.15, 0.2) is 0 Å². The van der Waals surface area contributed by atoms with Crippen LogP contribution in [0.2, 0.25) is 0 Å². The van der Waals surface area contributed by atoms with Crippen molar-refractivity contribution < 1.29 is 8.42 Å². The average Bonchev–Trinajstić information content (AvgIpc) is 2.19. The minimum absolute atomic E-state index is 0.317. The molecule has 1 rings (SSSR count). The van der Waals surface area contributed by atoms with Crippen LogP contribution in [0.15, 0.2) is 0 Å². The van der Waals surface area contributed by atoms with Crippen molar-refractivity contribution in [2.75, 3.05) is 32.1 Å². The summed E-state index contributed by atoms with van der Waals surface area (Å²) in [5, 5.41) is 0. The second-order valence-corrected chi connectivity index (χ2v) is 8.03. The van der Waals surface area contributed by atoms with E-state index >= 15 is 0 Å². The molecule has 0 saturated heterocycles. The van der Waals surface area contributed by atoms with Gasteiger partial charge in [0.05, 0.1) is 5.75 Å². The Hall–Kier alpha value is -0.0900. The molecule has 1 fully saturated rings. The lowest BCUT2D eigenvalue weighted by Gasteiger charge is -2.32. The van der Waals surface area contributed by atoms with E-state index in [9.17, 15) is 8.42 Å². The summed E-state index contributed by atoms with van der Waals surface area (Å²) in [4.78, 5) is 2.30. The molecule has 1 saturated carbocycles. The predicted molar refractivity (Wildman–Crippen MR) is 72.9 cm³/mol. The minimum Gasteiger partial charge on any atom is -0.306 e. The summed E-state index contributed by atoms with van der Waals surface area (Å²) in [5.41, 5.74) is 0. The van der Waals surface area contributed by atoms with E-state index < -0.39 is 9.84 Å². The van der Waals surface area contributed by atoms with E-state index in [0.29, 0.717) is 5.75 Å². The summed E-state index contributed by atoms with van der Waals surface area (Å²) < 4.78 is 22.1. The Labute approximate surface area is 106 Å². The minimum atomic E-state index is -2.79. The fourth-order valence-electron chi connectivity index (χ4n) is 2.75. The first-order valence-corrected chi connectivity index (χ1v) is 8.81. The fourth-order valence-corrected chi connectivity index (χ4v) is 3.41. The highest BCUT2D eigenvalue weighted by molar-refractivity contribution is 7.90. The van der Waals surface area contributed by atoms with Crippen LogP contribution in [-0.2, 0) is 9.84 Å². The van der Waals surface area contributed by atoms with Crippen molar-refractivity contribution in [1.82, 2.24) is 4.90 Å². The largest absolute Gasteiger partial charge is 0.306 e. The molecule has 4 heteroatoms. The molecule has 102 valence electrons. The van der Waals surface area contributed by atoms with Crippen LogP contribution in [0, 0.1) is 11.8 Å². The first-order chi connectivity index (χ1) is 7.88. The molecule has 0 radical (unpaired) electrons. The van der Waals surface area contributed by atoms with Gasteiger partial charge in [-0.1, -0.05) is 26.2 Å². The Kier molecular flexibility index (Phi) is 5.93. The maximum atomic E-state index is 11.0. The molecule has 0 bridgehead atoms. The summed E-state index contributed by atoms with van der Waals surface area (Å²) in [6.07, 6.45) is 7.54. The SMILES string of the molecule is CC1CCCCC1CN(C)CCCS(C)(=O)=O. The first kappa shape index (κ1) is 15.0.